The highest BCUT2D eigenvalue weighted by Gasteiger charge is 2.11. The highest BCUT2D eigenvalue weighted by molar-refractivity contribution is 5.84. The molecule has 54 valence electrons. The molecule has 1 rings (SSSR count). The van der Waals surface area contributed by atoms with Gasteiger partial charge in [0.25, 0.3) is 0 Å². The van der Waals surface area contributed by atoms with Gasteiger partial charge in [0, 0.05) is 6.42 Å². The van der Waals surface area contributed by atoms with Crippen molar-refractivity contribution in [2.24, 2.45) is 0 Å². The number of allylic oxidation sites excluding steroid dienone is 3. The van der Waals surface area contributed by atoms with E-state index in [-0.39, 0.29) is 5.78 Å². The van der Waals surface area contributed by atoms with E-state index in [1.807, 2.05) is 12.2 Å². The van der Waals surface area contributed by atoms with Crippen LogP contribution in [0.5, 0.6) is 0 Å². The molecule has 2 nitrogen and oxygen atoms in total. The third kappa shape index (κ3) is 1.81. The van der Waals surface area contributed by atoms with Gasteiger partial charge in [0.2, 0.25) is 0 Å². The quantitative estimate of drug-likeness (QED) is 0.538. The molecule has 0 saturated carbocycles. The molecular weight excluding hydrogens is 128 g/mol. The molecular formula is C8H10O2. The molecule has 0 aliphatic heterocycles. The zero-order valence-electron chi connectivity index (χ0n) is 5.66. The van der Waals surface area contributed by atoms with Gasteiger partial charge in [0.05, 0.1) is 0 Å². The molecule has 0 saturated heterocycles. The van der Waals surface area contributed by atoms with Crippen LogP contribution in [0.1, 0.15) is 12.8 Å². The van der Waals surface area contributed by atoms with Gasteiger partial charge in [-0.25, -0.2) is 0 Å². The van der Waals surface area contributed by atoms with Gasteiger partial charge in [-0.05, 0) is 6.42 Å². The Hall–Kier alpha value is -0.890. The van der Waals surface area contributed by atoms with E-state index in [1.54, 1.807) is 12.2 Å². The van der Waals surface area contributed by atoms with Gasteiger partial charge in [0.15, 0.2) is 5.78 Å². The van der Waals surface area contributed by atoms with E-state index in [9.17, 15) is 4.79 Å². The number of hydrogen-bond donors (Lipinski definition) is 1. The molecule has 0 bridgehead atoms. The van der Waals surface area contributed by atoms with E-state index in [4.69, 9.17) is 5.11 Å². The maximum Gasteiger partial charge on any atom is 0.165 e. The van der Waals surface area contributed by atoms with Crippen LogP contribution in [0.15, 0.2) is 24.3 Å². The first kappa shape index (κ1) is 7.22. The lowest BCUT2D eigenvalue weighted by Gasteiger charge is -2.05. The Morgan fingerprint density at radius 3 is 2.90 bits per heavy atom. The lowest BCUT2D eigenvalue weighted by molar-refractivity contribution is -0.126. The minimum atomic E-state index is -0.791. The Bertz CT molecular complexity index is 180. The Balaban J connectivity index is 2.61. The molecule has 0 fully saturated rings. The van der Waals surface area contributed by atoms with Crippen LogP contribution >= 0.6 is 0 Å². The number of aliphatic hydroxyl groups excluding tert-OH is 1. The van der Waals surface area contributed by atoms with Crippen LogP contribution in [0.25, 0.3) is 0 Å². The number of ketones is 1. The molecule has 0 spiro atoms. The number of carbonyl (C=O) groups is 1. The molecule has 0 aromatic rings. The van der Waals surface area contributed by atoms with Crippen LogP contribution in [-0.4, -0.2) is 17.0 Å². The van der Waals surface area contributed by atoms with Gasteiger partial charge >= 0.3 is 0 Å². The summed E-state index contributed by atoms with van der Waals surface area (Å²) < 4.78 is 0. The van der Waals surface area contributed by atoms with Crippen molar-refractivity contribution in [2.45, 2.75) is 18.9 Å². The van der Waals surface area contributed by atoms with Crippen molar-refractivity contribution in [2.75, 3.05) is 0 Å². The number of rotatable bonds is 0. The fourth-order valence-electron chi connectivity index (χ4n) is 0.816. The Morgan fingerprint density at radius 2 is 2.10 bits per heavy atom. The van der Waals surface area contributed by atoms with Crippen LogP contribution in [0.3, 0.4) is 0 Å². The molecule has 2 heteroatoms. The molecule has 0 aromatic heterocycles. The summed E-state index contributed by atoms with van der Waals surface area (Å²) in [4.78, 5) is 10.8. The fourth-order valence-corrected chi connectivity index (χ4v) is 0.816. The monoisotopic (exact) mass is 138 g/mol. The summed E-state index contributed by atoms with van der Waals surface area (Å²) >= 11 is 0. The summed E-state index contributed by atoms with van der Waals surface area (Å²) in [6, 6.07) is 0. The average Bonchev–Trinajstić information content (AvgIpc) is 1.92. The fraction of sp³-hybridized carbons (Fsp3) is 0.375. The predicted molar refractivity (Wildman–Crippen MR) is 38.5 cm³/mol. The Kier molecular flexibility index (Phi) is 2.40. The molecule has 0 amide bonds. The second-order valence-corrected chi connectivity index (χ2v) is 2.28. The van der Waals surface area contributed by atoms with Crippen molar-refractivity contribution in [3.63, 3.8) is 0 Å². The normalized spacial score (nSPS) is 32.5. The summed E-state index contributed by atoms with van der Waals surface area (Å²) in [7, 11) is 0. The molecule has 0 aromatic carbocycles. The Labute approximate surface area is 59.9 Å². The smallest absolute Gasteiger partial charge is 0.165 e. The van der Waals surface area contributed by atoms with Crippen LogP contribution in [0.2, 0.25) is 0 Å². The zero-order chi connectivity index (χ0) is 7.40. The maximum atomic E-state index is 10.8. The van der Waals surface area contributed by atoms with Crippen LogP contribution in [0, 0.1) is 0 Å². The van der Waals surface area contributed by atoms with Crippen LogP contribution in [-0.2, 0) is 4.79 Å². The standard InChI is InChI=1S/C8H10O2/c9-7-5-3-1-2-4-6-8(7)10/h1-4,7,9H,5-6H2/b3-1-,4-2-. The Morgan fingerprint density at radius 1 is 1.40 bits per heavy atom. The molecule has 1 aliphatic carbocycles. The summed E-state index contributed by atoms with van der Waals surface area (Å²) in [6.07, 6.45) is 7.22. The van der Waals surface area contributed by atoms with Crippen molar-refractivity contribution in [3.05, 3.63) is 24.3 Å². The molecule has 1 aliphatic rings. The van der Waals surface area contributed by atoms with E-state index in [0.29, 0.717) is 12.8 Å². The maximum absolute atomic E-state index is 10.8. The van der Waals surface area contributed by atoms with Gasteiger partial charge in [0.1, 0.15) is 6.10 Å². The number of aliphatic hydroxyl groups is 1. The minimum Gasteiger partial charge on any atom is -0.385 e. The highest BCUT2D eigenvalue weighted by Crippen LogP contribution is 2.02. The lowest BCUT2D eigenvalue weighted by atomic mass is 10.1. The van der Waals surface area contributed by atoms with Gasteiger partial charge in [-0.3, -0.25) is 4.79 Å². The van der Waals surface area contributed by atoms with E-state index in [2.05, 4.69) is 0 Å². The van der Waals surface area contributed by atoms with Gasteiger partial charge < -0.3 is 5.11 Å². The van der Waals surface area contributed by atoms with Gasteiger partial charge in [-0.2, -0.15) is 0 Å². The number of carbonyl (C=O) groups excluding carboxylic acids is 1. The van der Waals surface area contributed by atoms with Crippen molar-refractivity contribution in [1.29, 1.82) is 0 Å². The van der Waals surface area contributed by atoms with Crippen molar-refractivity contribution >= 4 is 5.78 Å². The van der Waals surface area contributed by atoms with Crippen LogP contribution < -0.4 is 0 Å². The molecule has 1 unspecified atom stereocenters. The first-order valence-electron chi connectivity index (χ1n) is 3.33. The van der Waals surface area contributed by atoms with E-state index < -0.39 is 6.10 Å². The second kappa shape index (κ2) is 3.32. The number of hydrogen-bond acceptors (Lipinski definition) is 2. The molecule has 0 heterocycles. The second-order valence-electron chi connectivity index (χ2n) is 2.28. The number of Topliss-reactive ketones (excluding diaryl/α,β-unsaturated/α-hetero) is 1. The zero-order valence-corrected chi connectivity index (χ0v) is 5.66. The summed E-state index contributed by atoms with van der Waals surface area (Å²) in [5.74, 6) is -0.0967. The third-order valence-electron chi connectivity index (χ3n) is 1.43. The van der Waals surface area contributed by atoms with Gasteiger partial charge in [-0.15, -0.1) is 0 Å². The van der Waals surface area contributed by atoms with Crippen molar-refractivity contribution in [1.82, 2.24) is 0 Å². The van der Waals surface area contributed by atoms with Crippen LogP contribution in [0.4, 0.5) is 0 Å². The average molecular weight is 138 g/mol. The summed E-state index contributed by atoms with van der Waals surface area (Å²) in [5.41, 5.74) is 0. The molecule has 1 atom stereocenters. The largest absolute Gasteiger partial charge is 0.385 e. The predicted octanol–water partition coefficient (Wildman–Crippen LogP) is 0.823. The summed E-state index contributed by atoms with van der Waals surface area (Å²) in [6.45, 7) is 0. The van der Waals surface area contributed by atoms with Crippen molar-refractivity contribution < 1.29 is 9.90 Å². The highest BCUT2D eigenvalue weighted by atomic mass is 16.3. The van der Waals surface area contributed by atoms with E-state index in [1.165, 1.54) is 0 Å². The first-order valence-corrected chi connectivity index (χ1v) is 3.33. The first-order chi connectivity index (χ1) is 4.80. The lowest BCUT2D eigenvalue weighted by Crippen LogP contribution is -2.18. The third-order valence-corrected chi connectivity index (χ3v) is 1.43. The van der Waals surface area contributed by atoms with Gasteiger partial charge in [-0.1, -0.05) is 24.3 Å². The van der Waals surface area contributed by atoms with Crippen molar-refractivity contribution in [3.8, 4) is 0 Å². The minimum absolute atomic E-state index is 0.0967. The molecule has 1 N–H and O–H groups in total. The SMILES string of the molecule is O=C1C/C=C\C=C/CC1O. The molecule has 0 radical (unpaired) electrons. The summed E-state index contributed by atoms with van der Waals surface area (Å²) in [5, 5.41) is 9.05. The topological polar surface area (TPSA) is 37.3 Å². The molecule has 10 heavy (non-hydrogen) atoms. The van der Waals surface area contributed by atoms with E-state index >= 15 is 0 Å². The van der Waals surface area contributed by atoms with E-state index in [0.717, 1.165) is 0 Å².